The van der Waals surface area contributed by atoms with Gasteiger partial charge < -0.3 is 19.3 Å². The Morgan fingerprint density at radius 3 is 2.54 bits per heavy atom. The van der Waals surface area contributed by atoms with Crippen molar-refractivity contribution in [2.45, 2.75) is 50.7 Å². The lowest BCUT2D eigenvalue weighted by atomic mass is 9.85. The number of aromatic nitrogens is 1. The molecule has 2 saturated heterocycles. The molecule has 7 heteroatoms. The van der Waals surface area contributed by atoms with Crippen LogP contribution in [0.3, 0.4) is 0 Å². The molecule has 4 heterocycles. The number of nitrogens with zero attached hydrogens (tertiary/aromatic N) is 3. The van der Waals surface area contributed by atoms with E-state index >= 15 is 0 Å². The van der Waals surface area contributed by atoms with E-state index in [0.717, 1.165) is 43.7 Å². The van der Waals surface area contributed by atoms with Gasteiger partial charge in [0.05, 0.1) is 24.6 Å². The van der Waals surface area contributed by atoms with Crippen molar-refractivity contribution in [3.8, 4) is 16.9 Å². The molecule has 35 heavy (non-hydrogen) atoms. The third-order valence-corrected chi connectivity index (χ3v) is 8.69. The van der Waals surface area contributed by atoms with E-state index < -0.39 is 0 Å². The molecule has 1 aliphatic carbocycles. The number of para-hydroxylation sites is 1. The summed E-state index contributed by atoms with van der Waals surface area (Å²) in [5.41, 5.74) is 2.26. The Hall–Kier alpha value is -2.64. The maximum atomic E-state index is 13.9. The number of amides is 1. The van der Waals surface area contributed by atoms with Gasteiger partial charge in [0, 0.05) is 56.0 Å². The number of fused-ring (bicyclic) bond motifs is 4. The number of rotatable bonds is 6. The summed E-state index contributed by atoms with van der Waals surface area (Å²) in [6, 6.07) is 11.4. The Bertz CT molecular complexity index is 1170. The van der Waals surface area contributed by atoms with Gasteiger partial charge in [-0.1, -0.05) is 18.2 Å². The smallest absolute Gasteiger partial charge is 0.258 e. The molecular formula is C28H35N3O4. The quantitative estimate of drug-likeness (QED) is 0.693. The van der Waals surface area contributed by atoms with Crippen molar-refractivity contribution in [2.75, 3.05) is 33.4 Å². The van der Waals surface area contributed by atoms with Crippen LogP contribution in [0.5, 0.6) is 5.75 Å². The van der Waals surface area contributed by atoms with Crippen LogP contribution in [-0.2, 0) is 11.3 Å². The number of hydrogen-bond acceptors (Lipinski definition) is 5. The van der Waals surface area contributed by atoms with Crippen molar-refractivity contribution in [3.63, 3.8) is 0 Å². The fourth-order valence-corrected chi connectivity index (χ4v) is 6.75. The molecule has 4 atom stereocenters. The van der Waals surface area contributed by atoms with Crippen LogP contribution in [0.1, 0.15) is 43.8 Å². The van der Waals surface area contributed by atoms with Crippen LogP contribution < -0.4 is 10.3 Å². The number of likely N-dealkylation sites (tertiary alicyclic amines) is 1. The van der Waals surface area contributed by atoms with E-state index in [1.165, 1.54) is 19.3 Å². The first kappa shape index (κ1) is 22.8. The first-order chi connectivity index (χ1) is 17.1. The number of aliphatic hydroxyl groups is 1. The molecule has 3 fully saturated rings. The maximum Gasteiger partial charge on any atom is 0.258 e. The second-order valence-electron chi connectivity index (χ2n) is 10.7. The zero-order valence-corrected chi connectivity index (χ0v) is 20.4. The van der Waals surface area contributed by atoms with Gasteiger partial charge in [-0.25, -0.2) is 0 Å². The van der Waals surface area contributed by atoms with Crippen LogP contribution in [0.4, 0.5) is 0 Å². The van der Waals surface area contributed by atoms with Crippen LogP contribution in [0.15, 0.2) is 41.2 Å². The lowest BCUT2D eigenvalue weighted by Crippen LogP contribution is -2.47. The molecule has 1 amide bonds. The highest BCUT2D eigenvalue weighted by atomic mass is 16.5. The SMILES string of the molecule is COc1ccccc1-c1ccc2n(c1=O)C[C@@H]1[C@@H](CO)[C@H](C(=O)N3CCCCC3)[C@H]2N1CC1CC1. The topological polar surface area (TPSA) is 75.0 Å². The zero-order chi connectivity index (χ0) is 24.1. The van der Waals surface area contributed by atoms with Gasteiger partial charge in [0.25, 0.3) is 5.56 Å². The molecule has 0 radical (unpaired) electrons. The van der Waals surface area contributed by atoms with Crippen LogP contribution >= 0.6 is 0 Å². The largest absolute Gasteiger partial charge is 0.496 e. The van der Waals surface area contributed by atoms with Crippen molar-refractivity contribution in [3.05, 3.63) is 52.4 Å². The van der Waals surface area contributed by atoms with Crippen LogP contribution in [0.25, 0.3) is 11.1 Å². The highest BCUT2D eigenvalue weighted by Crippen LogP contribution is 2.51. The Kier molecular flexibility index (Phi) is 5.93. The van der Waals surface area contributed by atoms with E-state index in [-0.39, 0.29) is 42.0 Å². The van der Waals surface area contributed by atoms with Crippen LogP contribution in [0, 0.1) is 17.8 Å². The summed E-state index contributed by atoms with van der Waals surface area (Å²) in [7, 11) is 1.62. The summed E-state index contributed by atoms with van der Waals surface area (Å²) in [6.07, 6.45) is 5.70. The van der Waals surface area contributed by atoms with Crippen LogP contribution in [-0.4, -0.2) is 64.8 Å². The summed E-state index contributed by atoms with van der Waals surface area (Å²) >= 11 is 0. The number of hydrogen-bond donors (Lipinski definition) is 1. The van der Waals surface area contributed by atoms with Gasteiger partial charge in [-0.3, -0.25) is 14.5 Å². The number of carbonyl (C=O) groups excluding carboxylic acids is 1. The van der Waals surface area contributed by atoms with E-state index in [1.54, 1.807) is 7.11 Å². The first-order valence-corrected chi connectivity index (χ1v) is 13.1. The summed E-state index contributed by atoms with van der Waals surface area (Å²) in [4.78, 5) is 32.2. The van der Waals surface area contributed by atoms with Gasteiger partial charge in [0.2, 0.25) is 5.91 Å². The van der Waals surface area contributed by atoms with Gasteiger partial charge in [0.1, 0.15) is 5.75 Å². The zero-order valence-electron chi connectivity index (χ0n) is 20.4. The average Bonchev–Trinajstić information content (AvgIpc) is 3.69. The van der Waals surface area contributed by atoms with Gasteiger partial charge in [0.15, 0.2) is 0 Å². The van der Waals surface area contributed by atoms with Gasteiger partial charge in [-0.15, -0.1) is 0 Å². The normalized spacial score (nSPS) is 28.1. The third-order valence-electron chi connectivity index (χ3n) is 8.69. The predicted octanol–water partition coefficient (Wildman–Crippen LogP) is 2.91. The molecule has 1 aromatic heterocycles. The monoisotopic (exact) mass is 477 g/mol. The molecule has 0 unspecified atom stereocenters. The Balaban J connectivity index is 1.44. The van der Waals surface area contributed by atoms with Gasteiger partial charge >= 0.3 is 0 Å². The molecule has 1 aromatic carbocycles. The lowest BCUT2D eigenvalue weighted by Gasteiger charge is -2.39. The number of aliphatic hydroxyl groups excluding tert-OH is 1. The number of ether oxygens (including phenoxy) is 1. The summed E-state index contributed by atoms with van der Waals surface area (Å²) in [5.74, 6) is 1.01. The second-order valence-corrected chi connectivity index (χ2v) is 10.7. The van der Waals surface area contributed by atoms with Crippen molar-refractivity contribution >= 4 is 5.91 Å². The standard InChI is InChI=1S/C28H35N3O4/c1-35-24-8-4-3-7-19(24)20-11-12-22-26-25(28(34)29-13-5-2-6-14-29)21(17-32)23(16-31(22)27(20)33)30(26)15-18-9-10-18/h3-4,7-8,11-12,18,21,23,25-26,32H,2,5-6,9-10,13-17H2,1H3/t21-,23-,25+,26+/m1/s1. The molecule has 1 N–H and O–H groups in total. The van der Waals surface area contributed by atoms with Crippen LogP contribution in [0.2, 0.25) is 0 Å². The Labute approximate surface area is 206 Å². The van der Waals surface area contributed by atoms with E-state index in [1.807, 2.05) is 45.9 Å². The van der Waals surface area contributed by atoms with Crippen molar-refractivity contribution < 1.29 is 14.6 Å². The highest BCUT2D eigenvalue weighted by Gasteiger charge is 2.57. The fraction of sp³-hybridized carbons (Fsp3) is 0.571. The van der Waals surface area contributed by atoms with E-state index in [4.69, 9.17) is 4.74 Å². The molecule has 0 spiro atoms. The van der Waals surface area contributed by atoms with E-state index in [2.05, 4.69) is 4.90 Å². The lowest BCUT2D eigenvalue weighted by molar-refractivity contribution is -0.139. The molecule has 2 aromatic rings. The third kappa shape index (κ3) is 3.80. The second kappa shape index (κ2) is 9.10. The average molecular weight is 478 g/mol. The first-order valence-electron chi connectivity index (χ1n) is 13.1. The molecule has 186 valence electrons. The van der Waals surface area contributed by atoms with Gasteiger partial charge in [-0.05, 0) is 56.2 Å². The molecule has 1 saturated carbocycles. The Morgan fingerprint density at radius 1 is 1.06 bits per heavy atom. The van der Waals surface area contributed by atoms with Crippen molar-refractivity contribution in [1.29, 1.82) is 0 Å². The molecule has 2 bridgehead atoms. The molecule has 6 rings (SSSR count). The summed E-state index contributed by atoms with van der Waals surface area (Å²) in [5, 5.41) is 10.5. The number of carbonyl (C=O) groups is 1. The number of benzene rings is 1. The van der Waals surface area contributed by atoms with E-state index in [0.29, 0.717) is 23.8 Å². The number of piperidine rings is 1. The van der Waals surface area contributed by atoms with E-state index in [9.17, 15) is 14.7 Å². The maximum absolute atomic E-state index is 13.9. The summed E-state index contributed by atoms with van der Waals surface area (Å²) in [6.45, 7) is 3.02. The summed E-state index contributed by atoms with van der Waals surface area (Å²) < 4.78 is 7.41. The molecule has 3 aliphatic heterocycles. The molecule has 4 aliphatic rings. The highest BCUT2D eigenvalue weighted by molar-refractivity contribution is 5.81. The molecular weight excluding hydrogens is 442 g/mol. The van der Waals surface area contributed by atoms with Crippen molar-refractivity contribution in [2.24, 2.45) is 17.8 Å². The fourth-order valence-electron chi connectivity index (χ4n) is 6.75. The minimum absolute atomic E-state index is 0.0116. The minimum atomic E-state index is -0.313. The number of pyridine rings is 1. The Morgan fingerprint density at radius 2 is 1.83 bits per heavy atom. The predicted molar refractivity (Wildman–Crippen MR) is 133 cm³/mol. The van der Waals surface area contributed by atoms with Crippen molar-refractivity contribution in [1.82, 2.24) is 14.4 Å². The minimum Gasteiger partial charge on any atom is -0.496 e. The van der Waals surface area contributed by atoms with Gasteiger partial charge in [-0.2, -0.15) is 0 Å². The molecule has 7 nitrogen and oxygen atoms in total. The number of methoxy groups -OCH3 is 1.